The summed E-state index contributed by atoms with van der Waals surface area (Å²) in [7, 11) is 0. The van der Waals surface area contributed by atoms with Crippen LogP contribution in [-0.2, 0) is 13.1 Å². The summed E-state index contributed by atoms with van der Waals surface area (Å²) in [4.78, 5) is 2.21. The zero-order valence-corrected chi connectivity index (χ0v) is 10.1. The number of aliphatic hydroxyl groups is 1. The number of hydrogen-bond donors (Lipinski definition) is 1. The highest BCUT2D eigenvalue weighted by Crippen LogP contribution is 2.16. The Kier molecular flexibility index (Phi) is 3.08. The van der Waals surface area contributed by atoms with Crippen molar-refractivity contribution < 1.29 is 5.11 Å². The highest BCUT2D eigenvalue weighted by molar-refractivity contribution is 5.17. The van der Waals surface area contributed by atoms with Gasteiger partial charge in [-0.25, -0.2) is 0 Å². The average molecular weight is 244 g/mol. The van der Waals surface area contributed by atoms with Crippen molar-refractivity contribution in [1.29, 1.82) is 0 Å². The van der Waals surface area contributed by atoms with E-state index in [9.17, 15) is 5.11 Å². The minimum atomic E-state index is -0.444. The van der Waals surface area contributed by atoms with E-state index in [1.165, 1.54) is 0 Å². The summed E-state index contributed by atoms with van der Waals surface area (Å²) in [6.07, 6.45) is 1.32. The smallest absolute Gasteiger partial charge is 0.147 e. The molecule has 5 nitrogen and oxygen atoms in total. The van der Waals surface area contributed by atoms with Crippen molar-refractivity contribution in [3.8, 4) is 0 Å². The molecule has 1 aromatic carbocycles. The van der Waals surface area contributed by atoms with Crippen LogP contribution in [0.2, 0.25) is 0 Å². The van der Waals surface area contributed by atoms with Crippen LogP contribution in [0, 0.1) is 0 Å². The molecule has 18 heavy (non-hydrogen) atoms. The van der Waals surface area contributed by atoms with Gasteiger partial charge in [-0.1, -0.05) is 30.3 Å². The zero-order valence-electron chi connectivity index (χ0n) is 10.1. The van der Waals surface area contributed by atoms with E-state index in [1.54, 1.807) is 6.33 Å². The SMILES string of the molecule is OC(CN1CCn2cnnc2C1)c1ccccc1. The van der Waals surface area contributed by atoms with Gasteiger partial charge in [-0.05, 0) is 5.56 Å². The minimum Gasteiger partial charge on any atom is -0.387 e. The summed E-state index contributed by atoms with van der Waals surface area (Å²) in [5, 5.41) is 18.2. The maximum Gasteiger partial charge on any atom is 0.147 e. The predicted molar refractivity (Wildman–Crippen MR) is 66.7 cm³/mol. The number of β-amino-alcohol motifs (C(OH)–C–C–N with tert-alkyl or cyclic N) is 1. The summed E-state index contributed by atoms with van der Waals surface area (Å²) >= 11 is 0. The van der Waals surface area contributed by atoms with Crippen LogP contribution in [0.1, 0.15) is 17.5 Å². The molecule has 0 saturated heterocycles. The molecule has 1 unspecified atom stereocenters. The molecule has 0 saturated carbocycles. The third-order valence-corrected chi connectivity index (χ3v) is 3.33. The number of nitrogens with zero attached hydrogens (tertiary/aromatic N) is 4. The van der Waals surface area contributed by atoms with Gasteiger partial charge in [-0.2, -0.15) is 0 Å². The Morgan fingerprint density at radius 3 is 2.89 bits per heavy atom. The maximum atomic E-state index is 10.2. The molecule has 0 fully saturated rings. The Bertz CT molecular complexity index is 511. The van der Waals surface area contributed by atoms with E-state index < -0.39 is 6.10 Å². The molecule has 0 bridgehead atoms. The molecular formula is C13H16N4O. The van der Waals surface area contributed by atoms with Crippen LogP contribution in [0.3, 0.4) is 0 Å². The van der Waals surface area contributed by atoms with Gasteiger partial charge in [0.1, 0.15) is 12.2 Å². The molecular weight excluding hydrogens is 228 g/mol. The lowest BCUT2D eigenvalue weighted by Crippen LogP contribution is -2.36. The number of aliphatic hydroxyl groups excluding tert-OH is 1. The molecule has 0 radical (unpaired) electrons. The third kappa shape index (κ3) is 2.27. The van der Waals surface area contributed by atoms with Gasteiger partial charge in [0.25, 0.3) is 0 Å². The second-order valence-corrected chi connectivity index (χ2v) is 4.60. The molecule has 1 atom stereocenters. The Labute approximate surface area is 106 Å². The fourth-order valence-corrected chi connectivity index (χ4v) is 2.30. The van der Waals surface area contributed by atoms with E-state index in [0.717, 1.165) is 31.0 Å². The van der Waals surface area contributed by atoms with Gasteiger partial charge in [0.05, 0.1) is 12.6 Å². The molecule has 0 amide bonds. The molecule has 3 rings (SSSR count). The summed E-state index contributed by atoms with van der Waals surface area (Å²) in [6, 6.07) is 9.77. The lowest BCUT2D eigenvalue weighted by Gasteiger charge is -2.28. The lowest BCUT2D eigenvalue weighted by molar-refractivity contribution is 0.0962. The van der Waals surface area contributed by atoms with Gasteiger partial charge < -0.3 is 9.67 Å². The number of benzene rings is 1. The first-order valence-corrected chi connectivity index (χ1v) is 6.15. The first-order valence-electron chi connectivity index (χ1n) is 6.15. The quantitative estimate of drug-likeness (QED) is 0.868. The van der Waals surface area contributed by atoms with Gasteiger partial charge in [-0.3, -0.25) is 4.90 Å². The molecule has 1 aliphatic heterocycles. The monoisotopic (exact) mass is 244 g/mol. The van der Waals surface area contributed by atoms with Gasteiger partial charge in [0, 0.05) is 19.6 Å². The number of hydrogen-bond acceptors (Lipinski definition) is 4. The standard InChI is InChI=1S/C13H16N4O/c18-12(11-4-2-1-3-5-11)8-16-6-7-17-10-14-15-13(17)9-16/h1-5,10,12,18H,6-9H2. The lowest BCUT2D eigenvalue weighted by atomic mass is 10.1. The van der Waals surface area contributed by atoms with Crippen LogP contribution in [0.5, 0.6) is 0 Å². The van der Waals surface area contributed by atoms with Crippen LogP contribution in [-0.4, -0.2) is 37.9 Å². The van der Waals surface area contributed by atoms with Crippen molar-refractivity contribution >= 4 is 0 Å². The van der Waals surface area contributed by atoms with E-state index >= 15 is 0 Å². The van der Waals surface area contributed by atoms with E-state index in [2.05, 4.69) is 19.7 Å². The normalized spacial score (nSPS) is 17.4. The summed E-state index contributed by atoms with van der Waals surface area (Å²) in [5.41, 5.74) is 0.963. The Hall–Kier alpha value is -1.72. The van der Waals surface area contributed by atoms with Crippen molar-refractivity contribution in [3.63, 3.8) is 0 Å². The molecule has 0 spiro atoms. The van der Waals surface area contributed by atoms with Crippen molar-refractivity contribution in [2.24, 2.45) is 0 Å². The highest BCUT2D eigenvalue weighted by atomic mass is 16.3. The average Bonchev–Trinajstić information content (AvgIpc) is 2.87. The Morgan fingerprint density at radius 2 is 2.06 bits per heavy atom. The first kappa shape index (κ1) is 11.4. The van der Waals surface area contributed by atoms with Crippen molar-refractivity contribution in [3.05, 3.63) is 48.0 Å². The fraction of sp³-hybridized carbons (Fsp3) is 0.385. The second-order valence-electron chi connectivity index (χ2n) is 4.60. The topological polar surface area (TPSA) is 54.2 Å². The molecule has 94 valence electrons. The summed E-state index contributed by atoms with van der Waals surface area (Å²) < 4.78 is 2.06. The van der Waals surface area contributed by atoms with Crippen LogP contribution in [0.25, 0.3) is 0 Å². The van der Waals surface area contributed by atoms with Crippen LogP contribution in [0.15, 0.2) is 36.7 Å². The molecule has 1 aliphatic rings. The van der Waals surface area contributed by atoms with E-state index in [1.807, 2.05) is 30.3 Å². The Balaban J connectivity index is 1.65. The zero-order chi connectivity index (χ0) is 12.4. The molecule has 2 aromatic rings. The first-order chi connectivity index (χ1) is 8.83. The number of fused-ring (bicyclic) bond motifs is 1. The molecule has 0 aliphatic carbocycles. The highest BCUT2D eigenvalue weighted by Gasteiger charge is 2.20. The van der Waals surface area contributed by atoms with Gasteiger partial charge >= 0.3 is 0 Å². The fourth-order valence-electron chi connectivity index (χ4n) is 2.30. The van der Waals surface area contributed by atoms with E-state index in [4.69, 9.17) is 0 Å². The van der Waals surface area contributed by atoms with Crippen molar-refractivity contribution in [2.45, 2.75) is 19.2 Å². The largest absolute Gasteiger partial charge is 0.387 e. The molecule has 1 aromatic heterocycles. The maximum absolute atomic E-state index is 10.2. The minimum absolute atomic E-state index is 0.444. The van der Waals surface area contributed by atoms with Crippen LogP contribution >= 0.6 is 0 Å². The van der Waals surface area contributed by atoms with Crippen molar-refractivity contribution in [2.75, 3.05) is 13.1 Å². The Morgan fingerprint density at radius 1 is 1.22 bits per heavy atom. The van der Waals surface area contributed by atoms with Gasteiger partial charge in [0.2, 0.25) is 0 Å². The van der Waals surface area contributed by atoms with Gasteiger partial charge in [0.15, 0.2) is 0 Å². The number of aromatic nitrogens is 3. The molecule has 5 heteroatoms. The summed E-state index contributed by atoms with van der Waals surface area (Å²) in [6.45, 7) is 3.21. The van der Waals surface area contributed by atoms with Crippen molar-refractivity contribution in [1.82, 2.24) is 19.7 Å². The van der Waals surface area contributed by atoms with Crippen LogP contribution < -0.4 is 0 Å². The van der Waals surface area contributed by atoms with Gasteiger partial charge in [-0.15, -0.1) is 10.2 Å². The number of rotatable bonds is 3. The van der Waals surface area contributed by atoms with Crippen LogP contribution in [0.4, 0.5) is 0 Å². The van der Waals surface area contributed by atoms with E-state index in [-0.39, 0.29) is 0 Å². The second kappa shape index (κ2) is 4.88. The third-order valence-electron chi connectivity index (χ3n) is 3.33. The molecule has 1 N–H and O–H groups in total. The predicted octanol–water partition coefficient (Wildman–Crippen LogP) is 0.827. The summed E-state index contributed by atoms with van der Waals surface area (Å²) in [5.74, 6) is 0.974. The molecule has 2 heterocycles. The van der Waals surface area contributed by atoms with E-state index in [0.29, 0.717) is 6.54 Å².